The average Bonchev–Trinajstić information content (AvgIpc) is 2.98. The minimum Gasteiger partial charge on any atom is -0.341 e. The summed E-state index contributed by atoms with van der Waals surface area (Å²) in [6, 6.07) is 16.0. The van der Waals surface area contributed by atoms with Gasteiger partial charge < -0.3 is 14.7 Å². The highest BCUT2D eigenvalue weighted by atomic mass is 35.5. The van der Waals surface area contributed by atoms with E-state index < -0.39 is 0 Å². The first-order valence-corrected chi connectivity index (χ1v) is 15.4. The monoisotopic (exact) mass is 571 g/mol. The minimum absolute atomic E-state index is 0.0184. The fourth-order valence-corrected chi connectivity index (χ4v) is 6.66. The zero-order chi connectivity index (χ0) is 27.8. The Balaban J connectivity index is 1.38. The van der Waals surface area contributed by atoms with Crippen LogP contribution in [0.3, 0.4) is 0 Å². The van der Waals surface area contributed by atoms with Gasteiger partial charge in [-0.05, 0) is 68.5 Å². The van der Waals surface area contributed by atoms with Crippen LogP contribution in [0, 0.1) is 0 Å². The van der Waals surface area contributed by atoms with Crippen molar-refractivity contribution in [1.82, 2.24) is 14.7 Å². The molecular weight excluding hydrogens is 529 g/mol. The smallest absolute Gasteiger partial charge is 0.253 e. The van der Waals surface area contributed by atoms with Crippen LogP contribution >= 0.6 is 23.2 Å². The summed E-state index contributed by atoms with van der Waals surface area (Å²) < 4.78 is 0. The van der Waals surface area contributed by atoms with E-state index in [4.69, 9.17) is 23.2 Å². The Kier molecular flexibility index (Phi) is 11.1. The van der Waals surface area contributed by atoms with E-state index in [2.05, 4.69) is 9.80 Å². The van der Waals surface area contributed by atoms with Crippen molar-refractivity contribution < 1.29 is 9.59 Å². The van der Waals surface area contributed by atoms with E-state index in [-0.39, 0.29) is 11.8 Å². The summed E-state index contributed by atoms with van der Waals surface area (Å²) in [4.78, 5) is 32.6. The predicted molar refractivity (Wildman–Crippen MR) is 161 cm³/mol. The number of likely N-dealkylation sites (N-methyl/N-ethyl adjacent to an activating group) is 1. The van der Waals surface area contributed by atoms with Crippen LogP contribution in [0.2, 0.25) is 10.0 Å². The SMILES string of the molecule is CCC(=O)N(C1CCCCC1)C1CCN(CC[C@H](CN(C)C(=O)c2ccccc2)c2ccc(Cl)c(Cl)c2)CC1. The average molecular weight is 573 g/mol. The number of hydrogen-bond donors (Lipinski definition) is 0. The molecule has 0 unspecified atom stereocenters. The lowest BCUT2D eigenvalue weighted by molar-refractivity contribution is -0.138. The third-order valence-electron chi connectivity index (χ3n) is 8.58. The summed E-state index contributed by atoms with van der Waals surface area (Å²) >= 11 is 12.6. The van der Waals surface area contributed by atoms with Crippen LogP contribution in [-0.4, -0.2) is 71.8 Å². The second kappa shape index (κ2) is 14.5. The Bertz CT molecular complexity index is 1080. The van der Waals surface area contributed by atoms with Crippen molar-refractivity contribution in [3.8, 4) is 0 Å². The zero-order valence-electron chi connectivity index (χ0n) is 23.5. The Morgan fingerprint density at radius 2 is 1.59 bits per heavy atom. The molecule has 2 amide bonds. The van der Waals surface area contributed by atoms with Gasteiger partial charge in [0.05, 0.1) is 10.0 Å². The van der Waals surface area contributed by atoms with Crippen LogP contribution in [0.1, 0.15) is 86.6 Å². The lowest BCUT2D eigenvalue weighted by Gasteiger charge is -2.44. The van der Waals surface area contributed by atoms with Gasteiger partial charge in [-0.3, -0.25) is 9.59 Å². The Morgan fingerprint density at radius 1 is 0.923 bits per heavy atom. The van der Waals surface area contributed by atoms with Gasteiger partial charge in [0.1, 0.15) is 0 Å². The molecule has 1 heterocycles. The van der Waals surface area contributed by atoms with Gasteiger partial charge in [0.25, 0.3) is 5.91 Å². The third-order valence-corrected chi connectivity index (χ3v) is 9.32. The third kappa shape index (κ3) is 7.99. The number of hydrogen-bond acceptors (Lipinski definition) is 3. The Hall–Kier alpha value is -2.08. The molecule has 1 aliphatic carbocycles. The van der Waals surface area contributed by atoms with Gasteiger partial charge in [0.2, 0.25) is 5.91 Å². The maximum atomic E-state index is 13.1. The number of amides is 2. The summed E-state index contributed by atoms with van der Waals surface area (Å²) in [7, 11) is 1.87. The summed E-state index contributed by atoms with van der Waals surface area (Å²) in [6.07, 6.45) is 9.68. The standard InChI is InChI=1S/C32H43Cl2N3O2/c1-3-31(38)37(27-12-8-5-9-13-27)28-17-20-36(21-18-28)19-16-26(25-14-15-29(33)30(34)22-25)23-35(2)32(39)24-10-6-4-7-11-24/h4,6-7,10-11,14-15,22,26-28H,3,5,8-9,12-13,16-21,23H2,1-2H3/t26-/m1/s1. The number of halogens is 2. The fraction of sp³-hybridized carbons (Fsp3) is 0.562. The lowest BCUT2D eigenvalue weighted by Crippen LogP contribution is -2.52. The predicted octanol–water partition coefficient (Wildman–Crippen LogP) is 7.28. The van der Waals surface area contributed by atoms with Crippen LogP contribution < -0.4 is 0 Å². The van der Waals surface area contributed by atoms with E-state index in [9.17, 15) is 9.59 Å². The zero-order valence-corrected chi connectivity index (χ0v) is 25.0. The number of likely N-dealkylation sites (tertiary alicyclic amines) is 1. The minimum atomic E-state index is 0.0184. The number of benzene rings is 2. The van der Waals surface area contributed by atoms with Gasteiger partial charge >= 0.3 is 0 Å². The molecule has 1 atom stereocenters. The molecule has 1 saturated carbocycles. The van der Waals surface area contributed by atoms with Gasteiger partial charge in [-0.2, -0.15) is 0 Å². The highest BCUT2D eigenvalue weighted by molar-refractivity contribution is 6.42. The van der Waals surface area contributed by atoms with Crippen molar-refractivity contribution in [2.75, 3.05) is 33.2 Å². The molecule has 2 aliphatic rings. The van der Waals surface area contributed by atoms with Gasteiger partial charge in [-0.15, -0.1) is 0 Å². The van der Waals surface area contributed by atoms with E-state index >= 15 is 0 Å². The van der Waals surface area contributed by atoms with Crippen molar-refractivity contribution in [2.24, 2.45) is 0 Å². The van der Waals surface area contributed by atoms with Gasteiger partial charge in [-0.1, -0.05) is 73.7 Å². The van der Waals surface area contributed by atoms with Crippen LogP contribution in [0.25, 0.3) is 0 Å². The summed E-state index contributed by atoms with van der Waals surface area (Å²) in [5.41, 5.74) is 1.79. The normalized spacial score (nSPS) is 18.1. The highest BCUT2D eigenvalue weighted by Gasteiger charge is 2.33. The maximum absolute atomic E-state index is 13.1. The molecule has 0 bridgehead atoms. The maximum Gasteiger partial charge on any atom is 0.253 e. The van der Waals surface area contributed by atoms with E-state index in [0.717, 1.165) is 57.3 Å². The van der Waals surface area contributed by atoms with Crippen molar-refractivity contribution >= 4 is 35.0 Å². The first-order chi connectivity index (χ1) is 18.9. The Morgan fingerprint density at radius 3 is 2.23 bits per heavy atom. The van der Waals surface area contributed by atoms with Gasteiger partial charge in [-0.25, -0.2) is 0 Å². The molecule has 0 radical (unpaired) electrons. The van der Waals surface area contributed by atoms with E-state index in [1.165, 1.54) is 19.3 Å². The van der Waals surface area contributed by atoms with E-state index in [1.54, 1.807) is 0 Å². The first kappa shape index (κ1) is 29.9. The van der Waals surface area contributed by atoms with Crippen molar-refractivity contribution in [1.29, 1.82) is 0 Å². The molecule has 39 heavy (non-hydrogen) atoms. The molecule has 4 rings (SSSR count). The molecule has 5 nitrogen and oxygen atoms in total. The Labute approximate surface area is 244 Å². The van der Waals surface area contributed by atoms with Crippen LogP contribution in [0.5, 0.6) is 0 Å². The van der Waals surface area contributed by atoms with E-state index in [0.29, 0.717) is 46.6 Å². The topological polar surface area (TPSA) is 43.9 Å². The van der Waals surface area contributed by atoms with Gasteiger partial charge in [0.15, 0.2) is 0 Å². The number of rotatable bonds is 10. The second-order valence-electron chi connectivity index (χ2n) is 11.2. The molecule has 0 aromatic heterocycles. The molecule has 0 N–H and O–H groups in total. The van der Waals surface area contributed by atoms with Crippen LogP contribution in [0.4, 0.5) is 0 Å². The molecule has 1 saturated heterocycles. The number of piperidine rings is 1. The molecule has 0 spiro atoms. The van der Waals surface area contributed by atoms with Crippen LogP contribution in [-0.2, 0) is 4.79 Å². The van der Waals surface area contributed by atoms with E-state index in [1.807, 2.05) is 67.4 Å². The molecule has 212 valence electrons. The lowest BCUT2D eigenvalue weighted by atomic mass is 9.90. The highest BCUT2D eigenvalue weighted by Crippen LogP contribution is 2.31. The second-order valence-corrected chi connectivity index (χ2v) is 12.0. The summed E-state index contributed by atoms with van der Waals surface area (Å²) in [5, 5.41) is 1.08. The molecule has 2 aromatic rings. The quantitative estimate of drug-likeness (QED) is 0.301. The van der Waals surface area contributed by atoms with Crippen molar-refractivity contribution in [3.63, 3.8) is 0 Å². The fourth-order valence-electron chi connectivity index (χ4n) is 6.35. The molecule has 2 fully saturated rings. The van der Waals surface area contributed by atoms with Crippen molar-refractivity contribution in [2.45, 2.75) is 82.7 Å². The largest absolute Gasteiger partial charge is 0.341 e. The molecule has 7 heteroatoms. The van der Waals surface area contributed by atoms with Crippen molar-refractivity contribution in [3.05, 3.63) is 69.7 Å². The molecular formula is C32H43Cl2N3O2. The van der Waals surface area contributed by atoms with Gasteiger partial charge in [0, 0.05) is 56.7 Å². The number of carbonyl (C=O) groups is 2. The molecule has 2 aromatic carbocycles. The number of carbonyl (C=O) groups excluding carboxylic acids is 2. The summed E-state index contributed by atoms with van der Waals surface area (Å²) in [6.45, 7) is 5.53. The molecule has 1 aliphatic heterocycles. The van der Waals surface area contributed by atoms with Crippen LogP contribution in [0.15, 0.2) is 48.5 Å². The first-order valence-electron chi connectivity index (χ1n) is 14.7. The number of nitrogens with zero attached hydrogens (tertiary/aromatic N) is 3. The summed E-state index contributed by atoms with van der Waals surface area (Å²) in [5.74, 6) is 0.478.